The van der Waals surface area contributed by atoms with Gasteiger partial charge in [-0.3, -0.25) is 0 Å². The molecule has 2 aromatic carbocycles. The summed E-state index contributed by atoms with van der Waals surface area (Å²) in [6.07, 6.45) is 4.35. The number of nitrogens with zero attached hydrogens (tertiary/aromatic N) is 4. The minimum atomic E-state index is -0.595. The average molecular weight is 458 g/mol. The van der Waals surface area contributed by atoms with E-state index in [1.807, 2.05) is 0 Å². The number of anilines is 1. The van der Waals surface area contributed by atoms with Gasteiger partial charge in [0.25, 0.3) is 0 Å². The van der Waals surface area contributed by atoms with Crippen molar-refractivity contribution in [1.29, 1.82) is 0 Å². The molecule has 7 heteroatoms. The van der Waals surface area contributed by atoms with Crippen LogP contribution in [0.4, 0.5) is 5.82 Å². The van der Waals surface area contributed by atoms with E-state index in [0.717, 1.165) is 72.9 Å². The van der Waals surface area contributed by atoms with Crippen molar-refractivity contribution in [1.82, 2.24) is 15.4 Å². The number of hydrazine groups is 2. The molecule has 3 aromatic rings. The number of hydrogen-bond acceptors (Lipinski definition) is 6. The minimum Gasteiger partial charge on any atom is -0.387 e. The molecular weight excluding hydrogens is 424 g/mol. The van der Waals surface area contributed by atoms with Gasteiger partial charge in [-0.05, 0) is 33.1 Å². The van der Waals surface area contributed by atoms with Gasteiger partial charge in [0.05, 0.1) is 17.8 Å². The zero-order chi connectivity index (χ0) is 23.7. The fourth-order valence-corrected chi connectivity index (χ4v) is 4.52. The number of amidine groups is 1. The molecule has 0 saturated carbocycles. The van der Waals surface area contributed by atoms with Crippen molar-refractivity contribution in [3.8, 4) is 22.5 Å². The van der Waals surface area contributed by atoms with Crippen LogP contribution in [-0.2, 0) is 0 Å². The molecule has 34 heavy (non-hydrogen) atoms. The van der Waals surface area contributed by atoms with Crippen LogP contribution in [0, 0.1) is 13.8 Å². The molecule has 0 aliphatic carbocycles. The van der Waals surface area contributed by atoms with Crippen molar-refractivity contribution >= 4 is 11.7 Å². The second kappa shape index (κ2) is 9.43. The van der Waals surface area contributed by atoms with Gasteiger partial charge in [-0.1, -0.05) is 71.5 Å². The molecule has 0 spiro atoms. The lowest BCUT2D eigenvalue weighted by molar-refractivity contribution is -0.499. The Bertz CT molecular complexity index is 1200. The van der Waals surface area contributed by atoms with Crippen LogP contribution in [0.2, 0.25) is 0 Å². The van der Waals surface area contributed by atoms with Crippen LogP contribution in [0.1, 0.15) is 55.0 Å². The Hall–Kier alpha value is -3.45. The number of rotatable bonds is 8. The highest BCUT2D eigenvalue weighted by Crippen LogP contribution is 2.38. The Kier molecular flexibility index (Phi) is 6.20. The fourth-order valence-electron chi connectivity index (χ4n) is 4.52. The van der Waals surface area contributed by atoms with Gasteiger partial charge >= 0.3 is 5.84 Å². The molecule has 1 atom stereocenters. The number of aromatic nitrogens is 2. The quantitative estimate of drug-likeness (QED) is 0.268. The topological polar surface area (TPSA) is 100 Å². The second-order valence-corrected chi connectivity index (χ2v) is 9.39. The molecule has 0 fully saturated rings. The third-order valence-electron chi connectivity index (χ3n) is 6.67. The summed E-state index contributed by atoms with van der Waals surface area (Å²) in [5.74, 6) is 7.56. The summed E-state index contributed by atoms with van der Waals surface area (Å²) >= 11 is 0. The van der Waals surface area contributed by atoms with Crippen LogP contribution < -0.4 is 16.2 Å². The average Bonchev–Trinajstić information content (AvgIpc) is 3.55. The van der Waals surface area contributed by atoms with Gasteiger partial charge < -0.3 is 10.0 Å². The third-order valence-corrected chi connectivity index (χ3v) is 6.67. The van der Waals surface area contributed by atoms with Gasteiger partial charge in [0.2, 0.25) is 0 Å². The molecular formula is C27H33N6O+. The van der Waals surface area contributed by atoms with Crippen LogP contribution in [0.5, 0.6) is 0 Å². The molecule has 176 valence electrons. The lowest BCUT2D eigenvalue weighted by Crippen LogP contribution is -2.34. The predicted molar refractivity (Wildman–Crippen MR) is 135 cm³/mol. The molecule has 7 nitrogen and oxygen atoms in total. The van der Waals surface area contributed by atoms with Crippen molar-refractivity contribution in [2.45, 2.75) is 52.1 Å². The first kappa shape index (κ1) is 22.3. The van der Waals surface area contributed by atoms with Gasteiger partial charge in [-0.15, -0.1) is 0 Å². The SMILES string of the molecule is Cc1ccc(-c2nc3c(nc2-c2ccc(C)cc2)N(CCCCCC2=[N+](N)N2)CCC3O)cc1. The van der Waals surface area contributed by atoms with Crippen LogP contribution >= 0.6 is 0 Å². The zero-order valence-electron chi connectivity index (χ0n) is 20.0. The molecule has 2 aliphatic heterocycles. The number of hydrogen-bond donors (Lipinski definition) is 3. The minimum absolute atomic E-state index is 0.595. The second-order valence-electron chi connectivity index (χ2n) is 9.39. The number of aryl methyl sites for hydroxylation is 2. The maximum Gasteiger partial charge on any atom is 0.355 e. The maximum atomic E-state index is 10.8. The van der Waals surface area contributed by atoms with Crippen molar-refractivity contribution < 1.29 is 9.90 Å². The summed E-state index contributed by atoms with van der Waals surface area (Å²) in [5.41, 5.74) is 9.85. The third kappa shape index (κ3) is 4.75. The molecule has 1 aromatic heterocycles. The smallest absolute Gasteiger partial charge is 0.355 e. The van der Waals surface area contributed by atoms with E-state index in [1.165, 1.54) is 11.1 Å². The van der Waals surface area contributed by atoms with Gasteiger partial charge in [-0.25, -0.2) is 15.8 Å². The van der Waals surface area contributed by atoms with E-state index in [1.54, 1.807) is 4.79 Å². The normalized spacial score (nSPS) is 16.9. The summed E-state index contributed by atoms with van der Waals surface area (Å²) in [7, 11) is 0. The number of benzene rings is 2. The van der Waals surface area contributed by atoms with Crippen molar-refractivity contribution in [3.05, 3.63) is 65.4 Å². The molecule has 4 N–H and O–H groups in total. The van der Waals surface area contributed by atoms with E-state index in [-0.39, 0.29) is 0 Å². The highest BCUT2D eigenvalue weighted by Gasteiger charge is 2.30. The first-order chi connectivity index (χ1) is 16.5. The largest absolute Gasteiger partial charge is 0.387 e. The summed E-state index contributed by atoms with van der Waals surface area (Å²) in [6.45, 7) is 5.86. The highest BCUT2D eigenvalue weighted by molar-refractivity contribution is 5.82. The number of nitrogens with one attached hydrogen (secondary N) is 1. The fraction of sp³-hybridized carbons (Fsp3) is 0.370. The predicted octanol–water partition coefficient (Wildman–Crippen LogP) is 4.03. The Morgan fingerprint density at radius 3 is 2.12 bits per heavy atom. The standard InChI is InChI=1S/C27H32N6O/c1-18-7-11-20(12-8-18)24-25(21-13-9-19(2)10-14-21)30-27-26(29-24)22(34)15-17-32(27)16-5-3-4-6-23-31-33(23)28/h7-14,22,34H,3-6,15-17,28H2,1-2H3/p+1. The lowest BCUT2D eigenvalue weighted by atomic mass is 10.00. The summed E-state index contributed by atoms with van der Waals surface area (Å²) in [6, 6.07) is 16.8. The number of aliphatic hydroxyl groups is 1. The van der Waals surface area contributed by atoms with E-state index in [9.17, 15) is 5.11 Å². The molecule has 0 radical (unpaired) electrons. The molecule has 2 aliphatic rings. The molecule has 1 unspecified atom stereocenters. The molecule has 5 rings (SSSR count). The highest BCUT2D eigenvalue weighted by atomic mass is 16.3. The van der Waals surface area contributed by atoms with Crippen LogP contribution in [-0.4, -0.2) is 38.8 Å². The number of unbranched alkanes of at least 4 members (excludes halogenated alkanes) is 2. The molecule has 0 bridgehead atoms. The molecule has 0 amide bonds. The van der Waals surface area contributed by atoms with Gasteiger partial charge in [-0.2, -0.15) is 0 Å². The maximum absolute atomic E-state index is 10.8. The summed E-state index contributed by atoms with van der Waals surface area (Å²) in [5, 5.41) is 10.8. The van der Waals surface area contributed by atoms with Crippen molar-refractivity contribution in [2.75, 3.05) is 18.0 Å². The monoisotopic (exact) mass is 457 g/mol. The molecule has 3 heterocycles. The number of aliphatic hydroxyl groups excluding tert-OH is 1. The van der Waals surface area contributed by atoms with E-state index in [0.29, 0.717) is 12.1 Å². The van der Waals surface area contributed by atoms with Crippen molar-refractivity contribution in [2.24, 2.45) is 5.84 Å². The van der Waals surface area contributed by atoms with E-state index in [2.05, 4.69) is 72.7 Å². The Labute approximate surface area is 200 Å². The summed E-state index contributed by atoms with van der Waals surface area (Å²) < 4.78 is 0. The Morgan fingerprint density at radius 2 is 1.53 bits per heavy atom. The Balaban J connectivity index is 1.46. The number of fused-ring (bicyclic) bond motifs is 1. The first-order valence-electron chi connectivity index (χ1n) is 12.2. The first-order valence-corrected chi connectivity index (χ1v) is 12.2. The van der Waals surface area contributed by atoms with Crippen LogP contribution in [0.25, 0.3) is 22.5 Å². The van der Waals surface area contributed by atoms with Gasteiger partial charge in [0.15, 0.2) is 5.82 Å². The van der Waals surface area contributed by atoms with Gasteiger partial charge in [0, 0.05) is 29.0 Å². The number of hydrazone groups is 2. The zero-order valence-corrected chi connectivity index (χ0v) is 20.0. The lowest BCUT2D eigenvalue weighted by Gasteiger charge is -2.33. The number of nitrogens with two attached hydrogens (primary N) is 1. The van der Waals surface area contributed by atoms with Crippen LogP contribution in [0.3, 0.4) is 0 Å². The van der Waals surface area contributed by atoms with Crippen LogP contribution in [0.15, 0.2) is 48.5 Å². The van der Waals surface area contributed by atoms with E-state index in [4.69, 9.17) is 15.8 Å². The van der Waals surface area contributed by atoms with Gasteiger partial charge in [0.1, 0.15) is 11.8 Å². The Morgan fingerprint density at radius 1 is 0.941 bits per heavy atom. The molecule has 0 saturated heterocycles. The van der Waals surface area contributed by atoms with Crippen molar-refractivity contribution in [3.63, 3.8) is 0 Å². The van der Waals surface area contributed by atoms with E-state index >= 15 is 0 Å². The summed E-state index contributed by atoms with van der Waals surface area (Å²) in [4.78, 5) is 14.1. The van der Waals surface area contributed by atoms with E-state index < -0.39 is 6.10 Å².